The normalized spacial score (nSPS) is 19.7. The number of ketones is 1. The first kappa shape index (κ1) is 17.2. The van der Waals surface area contributed by atoms with Crippen LogP contribution < -0.4 is 10.1 Å². The van der Waals surface area contributed by atoms with Crippen LogP contribution in [0.25, 0.3) is 0 Å². The molecule has 3 rings (SSSR count). The van der Waals surface area contributed by atoms with Gasteiger partial charge in [-0.1, -0.05) is 30.3 Å². The van der Waals surface area contributed by atoms with Gasteiger partial charge in [-0.2, -0.15) is 0 Å². The molecule has 0 fully saturated rings. The highest BCUT2D eigenvalue weighted by molar-refractivity contribution is 6.01. The molecule has 0 saturated heterocycles. The first-order valence-corrected chi connectivity index (χ1v) is 8.58. The summed E-state index contributed by atoms with van der Waals surface area (Å²) in [6.07, 6.45) is 1.81. The maximum Gasteiger partial charge on any atom is 0.230 e. The van der Waals surface area contributed by atoms with Crippen molar-refractivity contribution in [2.75, 3.05) is 7.11 Å². The molecule has 0 aliphatic heterocycles. The maximum absolute atomic E-state index is 13.1. The molecule has 4 heteroatoms. The number of rotatable bonds is 4. The predicted molar refractivity (Wildman–Crippen MR) is 96.8 cm³/mol. The number of nitrogens with one attached hydrogen (secondary N) is 1. The van der Waals surface area contributed by atoms with Crippen LogP contribution in [0.5, 0.6) is 5.75 Å². The van der Waals surface area contributed by atoms with Crippen LogP contribution in [0.4, 0.5) is 0 Å². The van der Waals surface area contributed by atoms with E-state index in [9.17, 15) is 9.59 Å². The lowest BCUT2D eigenvalue weighted by atomic mass is 9.76. The van der Waals surface area contributed by atoms with Gasteiger partial charge in [0, 0.05) is 18.5 Å². The van der Waals surface area contributed by atoms with E-state index in [1.165, 1.54) is 0 Å². The number of hydrogen-bond acceptors (Lipinski definition) is 3. The third-order valence-electron chi connectivity index (χ3n) is 5.00. The van der Waals surface area contributed by atoms with E-state index in [-0.39, 0.29) is 11.7 Å². The molecule has 0 heterocycles. The van der Waals surface area contributed by atoms with Gasteiger partial charge in [0.2, 0.25) is 5.91 Å². The molecule has 0 saturated carbocycles. The van der Waals surface area contributed by atoms with Crippen molar-refractivity contribution < 1.29 is 14.3 Å². The molecule has 1 atom stereocenters. The van der Waals surface area contributed by atoms with E-state index in [1.54, 1.807) is 19.2 Å². The second-order valence-electron chi connectivity index (χ2n) is 6.69. The lowest BCUT2D eigenvalue weighted by molar-refractivity contribution is -0.126. The van der Waals surface area contributed by atoms with Crippen molar-refractivity contribution in [3.05, 3.63) is 65.2 Å². The quantitative estimate of drug-likeness (QED) is 0.867. The maximum atomic E-state index is 13.1. The van der Waals surface area contributed by atoms with Crippen molar-refractivity contribution in [2.45, 2.75) is 38.1 Å². The number of amides is 1. The molecule has 0 aromatic heterocycles. The molecule has 1 N–H and O–H groups in total. The van der Waals surface area contributed by atoms with Crippen molar-refractivity contribution in [1.29, 1.82) is 0 Å². The van der Waals surface area contributed by atoms with E-state index < -0.39 is 5.41 Å². The lowest BCUT2D eigenvalue weighted by Gasteiger charge is -2.29. The summed E-state index contributed by atoms with van der Waals surface area (Å²) in [6.45, 7) is 2.40. The molecule has 2 aromatic rings. The Labute approximate surface area is 148 Å². The second-order valence-corrected chi connectivity index (χ2v) is 6.69. The summed E-state index contributed by atoms with van der Waals surface area (Å²) in [6, 6.07) is 15.2. The van der Waals surface area contributed by atoms with E-state index in [0.717, 1.165) is 11.1 Å². The zero-order chi connectivity index (χ0) is 17.9. The Hall–Kier alpha value is -2.62. The van der Waals surface area contributed by atoms with Gasteiger partial charge >= 0.3 is 0 Å². The van der Waals surface area contributed by atoms with Gasteiger partial charge in [0.25, 0.3) is 0 Å². The summed E-state index contributed by atoms with van der Waals surface area (Å²) in [5.74, 6) is 0.702. The summed E-state index contributed by atoms with van der Waals surface area (Å²) >= 11 is 0. The highest BCUT2D eigenvalue weighted by Gasteiger charge is 2.39. The monoisotopic (exact) mass is 337 g/mol. The Morgan fingerprint density at radius 2 is 1.96 bits per heavy atom. The Morgan fingerprint density at radius 3 is 2.68 bits per heavy atom. The minimum atomic E-state index is -0.745. The highest BCUT2D eigenvalue weighted by atomic mass is 16.5. The van der Waals surface area contributed by atoms with Gasteiger partial charge in [-0.05, 0) is 49.1 Å². The van der Waals surface area contributed by atoms with Crippen LogP contribution in [-0.2, 0) is 16.8 Å². The number of hydrogen-bond donors (Lipinski definition) is 1. The first-order chi connectivity index (χ1) is 12.0. The number of methoxy groups -OCH3 is 1. The zero-order valence-corrected chi connectivity index (χ0v) is 14.7. The standard InChI is InChI=1S/C21H23NO3/c1-21(20(24)22-14-15-7-4-3-5-8-15)12-6-9-19(23)17-11-10-16(25-2)13-18(17)21/h3-5,7-8,10-11,13H,6,9,12,14H2,1-2H3,(H,22,24). The third kappa shape index (κ3) is 3.43. The van der Waals surface area contributed by atoms with Crippen LogP contribution in [0.1, 0.15) is 47.7 Å². The highest BCUT2D eigenvalue weighted by Crippen LogP contribution is 2.38. The fourth-order valence-electron chi connectivity index (χ4n) is 3.43. The van der Waals surface area contributed by atoms with Gasteiger partial charge in [-0.3, -0.25) is 9.59 Å². The van der Waals surface area contributed by atoms with Gasteiger partial charge in [0.05, 0.1) is 12.5 Å². The van der Waals surface area contributed by atoms with Gasteiger partial charge in [-0.25, -0.2) is 0 Å². The lowest BCUT2D eigenvalue weighted by Crippen LogP contribution is -2.42. The number of carbonyl (C=O) groups excluding carboxylic acids is 2. The van der Waals surface area contributed by atoms with E-state index in [2.05, 4.69) is 5.32 Å². The van der Waals surface area contributed by atoms with E-state index in [0.29, 0.717) is 37.1 Å². The van der Waals surface area contributed by atoms with Crippen LogP contribution in [0.15, 0.2) is 48.5 Å². The largest absolute Gasteiger partial charge is 0.497 e. The van der Waals surface area contributed by atoms with Gasteiger partial charge in [0.1, 0.15) is 5.75 Å². The van der Waals surface area contributed by atoms with Crippen molar-refractivity contribution in [2.24, 2.45) is 0 Å². The van der Waals surface area contributed by atoms with Gasteiger partial charge in [-0.15, -0.1) is 0 Å². The Bertz CT molecular complexity index is 785. The minimum Gasteiger partial charge on any atom is -0.497 e. The number of benzene rings is 2. The molecule has 4 nitrogen and oxygen atoms in total. The van der Waals surface area contributed by atoms with E-state index in [4.69, 9.17) is 4.74 Å². The Balaban J connectivity index is 1.92. The SMILES string of the molecule is COc1ccc2c(c1)C(C)(C(=O)NCc1ccccc1)CCCC2=O. The fraction of sp³-hybridized carbons (Fsp3) is 0.333. The average molecular weight is 337 g/mol. The first-order valence-electron chi connectivity index (χ1n) is 8.58. The average Bonchev–Trinajstić information content (AvgIpc) is 2.78. The fourth-order valence-corrected chi connectivity index (χ4v) is 3.43. The molecule has 2 aromatic carbocycles. The summed E-state index contributed by atoms with van der Waals surface area (Å²) in [5, 5.41) is 3.04. The minimum absolute atomic E-state index is 0.0550. The van der Waals surface area contributed by atoms with Gasteiger partial charge in [0.15, 0.2) is 5.78 Å². The Kier molecular flexibility index (Phi) is 4.88. The molecule has 1 aliphatic rings. The summed E-state index contributed by atoms with van der Waals surface area (Å²) in [5.41, 5.74) is 1.70. The number of fused-ring (bicyclic) bond motifs is 1. The van der Waals surface area contributed by atoms with Crippen molar-refractivity contribution in [3.63, 3.8) is 0 Å². The predicted octanol–water partition coefficient (Wildman–Crippen LogP) is 3.64. The van der Waals surface area contributed by atoms with Crippen molar-refractivity contribution >= 4 is 11.7 Å². The zero-order valence-electron chi connectivity index (χ0n) is 14.7. The topological polar surface area (TPSA) is 55.4 Å². The smallest absolute Gasteiger partial charge is 0.230 e. The molecule has 130 valence electrons. The number of carbonyl (C=O) groups is 2. The van der Waals surface area contributed by atoms with Crippen molar-refractivity contribution in [1.82, 2.24) is 5.32 Å². The van der Waals surface area contributed by atoms with E-state index in [1.807, 2.05) is 43.3 Å². The molecule has 0 bridgehead atoms. The third-order valence-corrected chi connectivity index (χ3v) is 5.00. The number of Topliss-reactive ketones (excluding diaryl/α,β-unsaturated/α-hetero) is 1. The molecule has 0 radical (unpaired) electrons. The number of ether oxygens (including phenoxy) is 1. The molecule has 1 amide bonds. The van der Waals surface area contributed by atoms with Crippen LogP contribution in [-0.4, -0.2) is 18.8 Å². The van der Waals surface area contributed by atoms with Crippen molar-refractivity contribution in [3.8, 4) is 5.75 Å². The Morgan fingerprint density at radius 1 is 1.20 bits per heavy atom. The second kappa shape index (κ2) is 7.09. The molecule has 1 aliphatic carbocycles. The summed E-state index contributed by atoms with van der Waals surface area (Å²) in [7, 11) is 1.59. The van der Waals surface area contributed by atoms with Crippen LogP contribution >= 0.6 is 0 Å². The molecule has 25 heavy (non-hydrogen) atoms. The molecule has 1 unspecified atom stereocenters. The van der Waals surface area contributed by atoms with Crippen LogP contribution in [0.3, 0.4) is 0 Å². The van der Waals surface area contributed by atoms with Gasteiger partial charge < -0.3 is 10.1 Å². The molecular formula is C21H23NO3. The van der Waals surface area contributed by atoms with Crippen LogP contribution in [0, 0.1) is 0 Å². The van der Waals surface area contributed by atoms with Crippen LogP contribution in [0.2, 0.25) is 0 Å². The summed E-state index contributed by atoms with van der Waals surface area (Å²) < 4.78 is 5.32. The molecule has 0 spiro atoms. The summed E-state index contributed by atoms with van der Waals surface area (Å²) in [4.78, 5) is 25.5. The van der Waals surface area contributed by atoms with E-state index >= 15 is 0 Å². The molecular weight excluding hydrogens is 314 g/mol.